The molecule has 0 aromatic rings. The van der Waals surface area contributed by atoms with Crippen LogP contribution in [0.5, 0.6) is 0 Å². The molecule has 4 rings (SSSR count). The fourth-order valence-electron chi connectivity index (χ4n) is 7.47. The molecule has 4 heterocycles. The van der Waals surface area contributed by atoms with Crippen LogP contribution in [0.1, 0.15) is 80.6 Å². The summed E-state index contributed by atoms with van der Waals surface area (Å²) in [4.78, 5) is 46.5. The van der Waals surface area contributed by atoms with Crippen molar-refractivity contribution in [2.45, 2.75) is 108 Å². The summed E-state index contributed by atoms with van der Waals surface area (Å²) in [6, 6.07) is -1.31. The van der Waals surface area contributed by atoms with Crippen LogP contribution in [0.4, 0.5) is 0 Å². The minimum atomic E-state index is -0.908. The van der Waals surface area contributed by atoms with Crippen molar-refractivity contribution >= 4 is 29.5 Å². The molecule has 1 N–H and O–H groups in total. The zero-order chi connectivity index (χ0) is 28.8. The van der Waals surface area contributed by atoms with Crippen molar-refractivity contribution in [3.05, 3.63) is 24.3 Å². The van der Waals surface area contributed by atoms with E-state index < -0.39 is 34.2 Å². The van der Waals surface area contributed by atoms with Gasteiger partial charge in [0.15, 0.2) is 0 Å². The van der Waals surface area contributed by atoms with Crippen molar-refractivity contribution in [2.24, 2.45) is 23.2 Å². The van der Waals surface area contributed by atoms with E-state index >= 15 is 0 Å². The normalized spacial score (nSPS) is 34.1. The zero-order valence-electron chi connectivity index (χ0n) is 24.8. The minimum absolute atomic E-state index is 0.00527. The van der Waals surface area contributed by atoms with Crippen molar-refractivity contribution in [3.8, 4) is 0 Å². The predicted molar refractivity (Wildman–Crippen MR) is 155 cm³/mol. The standard InChI is InChI=1S/C31H48N2O5S/c1-8-20(2)21(18-34)33-25-27(36)32(30(6,7)19-29(3,4)5)16-13-15-31(25)24(26(33)35)23-22(39-31)14-11-9-10-12-17-38-28(23)37/h11,13-15,20-25,34H,8-10,12,16-19H2,1-7H3/b14-11-/t20-,21-,22-,23+,24-,25?,31-/m0/s1. The Morgan fingerprint density at radius 3 is 2.49 bits per heavy atom. The molecule has 0 aliphatic carbocycles. The molecule has 0 saturated carbocycles. The molecule has 2 amide bonds. The highest BCUT2D eigenvalue weighted by atomic mass is 32.2. The Labute approximate surface area is 238 Å². The highest BCUT2D eigenvalue weighted by molar-refractivity contribution is 8.02. The fraction of sp³-hybridized carbons (Fsp3) is 0.774. The average molecular weight is 561 g/mol. The number of likely N-dealkylation sites (tertiary alicyclic amines) is 1. The van der Waals surface area contributed by atoms with Crippen LogP contribution in [0.15, 0.2) is 24.3 Å². The molecule has 0 radical (unpaired) electrons. The van der Waals surface area contributed by atoms with E-state index in [0.717, 1.165) is 32.1 Å². The van der Waals surface area contributed by atoms with E-state index in [9.17, 15) is 19.5 Å². The van der Waals surface area contributed by atoms with Gasteiger partial charge in [-0.3, -0.25) is 14.4 Å². The molecule has 2 saturated heterocycles. The van der Waals surface area contributed by atoms with Gasteiger partial charge in [-0.15, -0.1) is 11.8 Å². The highest BCUT2D eigenvalue weighted by Crippen LogP contribution is 2.61. The Balaban J connectivity index is 1.87. The minimum Gasteiger partial charge on any atom is -0.465 e. The van der Waals surface area contributed by atoms with Crippen LogP contribution < -0.4 is 0 Å². The maximum Gasteiger partial charge on any atom is 0.311 e. The molecule has 0 bridgehead atoms. The van der Waals surface area contributed by atoms with Crippen molar-refractivity contribution in [3.63, 3.8) is 0 Å². The largest absolute Gasteiger partial charge is 0.465 e. The average Bonchev–Trinajstić information content (AvgIpc) is 3.22. The van der Waals surface area contributed by atoms with Crippen LogP contribution in [-0.2, 0) is 19.1 Å². The first kappa shape index (κ1) is 30.2. The summed E-state index contributed by atoms with van der Waals surface area (Å²) in [6.07, 6.45) is 12.4. The van der Waals surface area contributed by atoms with Crippen molar-refractivity contribution < 1.29 is 24.2 Å². The first-order chi connectivity index (χ1) is 18.3. The van der Waals surface area contributed by atoms with E-state index in [1.165, 1.54) is 0 Å². The number of aliphatic hydroxyl groups is 1. The highest BCUT2D eigenvalue weighted by Gasteiger charge is 2.72. The van der Waals surface area contributed by atoms with E-state index in [4.69, 9.17) is 4.74 Å². The molecule has 4 aliphatic heterocycles. The number of allylic oxidation sites excluding steroid dienone is 1. The van der Waals surface area contributed by atoms with Gasteiger partial charge in [0.25, 0.3) is 0 Å². The maximum absolute atomic E-state index is 14.8. The first-order valence-corrected chi connectivity index (χ1v) is 15.6. The molecule has 218 valence electrons. The number of rotatable bonds is 6. The number of hydrogen-bond acceptors (Lipinski definition) is 6. The summed E-state index contributed by atoms with van der Waals surface area (Å²) in [7, 11) is 0. The van der Waals surface area contributed by atoms with E-state index in [2.05, 4.69) is 52.8 Å². The third kappa shape index (κ3) is 5.44. The zero-order valence-corrected chi connectivity index (χ0v) is 25.6. The molecule has 4 aliphatic rings. The maximum atomic E-state index is 14.8. The summed E-state index contributed by atoms with van der Waals surface area (Å²) in [6.45, 7) is 15.3. The number of esters is 1. The molecule has 39 heavy (non-hydrogen) atoms. The number of carbonyl (C=O) groups excluding carboxylic acids is 3. The summed E-state index contributed by atoms with van der Waals surface area (Å²) >= 11 is 1.57. The third-order valence-corrected chi connectivity index (χ3v) is 10.8. The van der Waals surface area contributed by atoms with Gasteiger partial charge in [0, 0.05) is 17.3 Å². The number of hydrogen-bond donors (Lipinski definition) is 1. The lowest BCUT2D eigenvalue weighted by molar-refractivity contribution is -0.154. The Morgan fingerprint density at radius 2 is 1.85 bits per heavy atom. The van der Waals surface area contributed by atoms with E-state index in [-0.39, 0.29) is 41.0 Å². The molecule has 8 heteroatoms. The van der Waals surface area contributed by atoms with Gasteiger partial charge in [0.2, 0.25) is 11.8 Å². The topological polar surface area (TPSA) is 87.2 Å². The van der Waals surface area contributed by atoms with Crippen LogP contribution in [0, 0.1) is 23.2 Å². The summed E-state index contributed by atoms with van der Waals surface area (Å²) in [5.41, 5.74) is -0.461. The fourth-order valence-corrected chi connectivity index (χ4v) is 9.45. The van der Waals surface area contributed by atoms with Gasteiger partial charge >= 0.3 is 5.97 Å². The lowest BCUT2D eigenvalue weighted by atomic mass is 9.78. The van der Waals surface area contributed by atoms with Crippen molar-refractivity contribution in [2.75, 3.05) is 19.8 Å². The SMILES string of the molecule is CC[C@H](C)[C@H](CO)N1C(=O)[C@@H]2[C@@H]3C(=O)OCCCC/C=C\[C@@H]3S[C@@]23C=CCN(C(C)(C)CC(C)(C)C)C(=O)C13. The number of aliphatic hydroxyl groups excluding tert-OH is 1. The second-order valence-electron chi connectivity index (χ2n) is 13.7. The molecule has 0 aromatic heterocycles. The van der Waals surface area contributed by atoms with E-state index in [0.29, 0.717) is 13.2 Å². The lowest BCUT2D eigenvalue weighted by Crippen LogP contribution is -2.61. The quantitative estimate of drug-likeness (QED) is 0.378. The Kier molecular flexibility index (Phi) is 8.69. The molecule has 0 aromatic carbocycles. The molecule has 7 nitrogen and oxygen atoms in total. The molecule has 1 unspecified atom stereocenters. The van der Waals surface area contributed by atoms with Gasteiger partial charge in [-0.25, -0.2) is 0 Å². The lowest BCUT2D eigenvalue weighted by Gasteiger charge is -2.46. The monoisotopic (exact) mass is 560 g/mol. The number of fused-ring (bicyclic) bond motifs is 2. The van der Waals surface area contributed by atoms with Crippen LogP contribution in [0.3, 0.4) is 0 Å². The predicted octanol–water partition coefficient (Wildman–Crippen LogP) is 4.59. The molecular weight excluding hydrogens is 512 g/mol. The number of amides is 2. The van der Waals surface area contributed by atoms with E-state index in [1.807, 2.05) is 24.8 Å². The smallest absolute Gasteiger partial charge is 0.311 e. The third-order valence-electron chi connectivity index (χ3n) is 9.08. The van der Waals surface area contributed by atoms with Gasteiger partial charge in [-0.2, -0.15) is 0 Å². The second kappa shape index (κ2) is 11.2. The molecule has 2 fully saturated rings. The number of ether oxygens (including phenoxy) is 1. The van der Waals surface area contributed by atoms with Gasteiger partial charge in [0.1, 0.15) is 6.04 Å². The van der Waals surface area contributed by atoms with Gasteiger partial charge in [-0.05, 0) is 50.9 Å². The summed E-state index contributed by atoms with van der Waals surface area (Å²) in [5, 5.41) is 10.3. The van der Waals surface area contributed by atoms with Crippen molar-refractivity contribution in [1.82, 2.24) is 9.80 Å². The van der Waals surface area contributed by atoms with Crippen LogP contribution in [0.2, 0.25) is 0 Å². The molecule has 7 atom stereocenters. The van der Waals surface area contributed by atoms with Gasteiger partial charge in [0.05, 0.1) is 35.8 Å². The van der Waals surface area contributed by atoms with Crippen molar-refractivity contribution in [1.29, 1.82) is 0 Å². The van der Waals surface area contributed by atoms with Crippen LogP contribution >= 0.6 is 11.8 Å². The number of cyclic esters (lactones) is 1. The summed E-state index contributed by atoms with van der Waals surface area (Å²) < 4.78 is 4.81. The van der Waals surface area contributed by atoms with Crippen LogP contribution in [0.25, 0.3) is 0 Å². The summed E-state index contributed by atoms with van der Waals surface area (Å²) in [5.74, 6) is -2.07. The Morgan fingerprint density at radius 1 is 1.13 bits per heavy atom. The Hall–Kier alpha value is -1.80. The number of carbonyl (C=O) groups is 3. The number of nitrogens with zero attached hydrogens (tertiary/aromatic N) is 2. The van der Waals surface area contributed by atoms with Crippen LogP contribution in [-0.4, -0.2) is 80.1 Å². The van der Waals surface area contributed by atoms with Gasteiger partial charge < -0.3 is 19.6 Å². The van der Waals surface area contributed by atoms with E-state index in [1.54, 1.807) is 16.7 Å². The first-order valence-electron chi connectivity index (χ1n) is 14.7. The molecule has 1 spiro atoms. The second-order valence-corrected chi connectivity index (χ2v) is 15.2. The Bertz CT molecular complexity index is 1020. The van der Waals surface area contributed by atoms with Gasteiger partial charge in [-0.1, -0.05) is 65.3 Å². The molecular formula is C31H48N2O5S. The number of thioether (sulfide) groups is 1.